The van der Waals surface area contributed by atoms with E-state index in [4.69, 9.17) is 5.73 Å². The molecule has 1 heterocycles. The van der Waals surface area contributed by atoms with E-state index in [-0.39, 0.29) is 24.0 Å². The predicted molar refractivity (Wildman–Crippen MR) is 103 cm³/mol. The van der Waals surface area contributed by atoms with Crippen molar-refractivity contribution < 1.29 is 9.59 Å². The largest absolute Gasteiger partial charge is 0.382 e. The third kappa shape index (κ3) is 4.30. The number of rotatable bonds is 5. The summed E-state index contributed by atoms with van der Waals surface area (Å²) < 4.78 is 1.19. The first-order chi connectivity index (χ1) is 12.9. The molecule has 2 aromatic carbocycles. The average Bonchev–Trinajstić information content (AvgIpc) is 2.99. The number of nitrogen functional groups attached to an aromatic ring is 1. The van der Waals surface area contributed by atoms with E-state index in [1.54, 1.807) is 18.2 Å². The number of anilines is 3. The molecule has 0 bridgehead atoms. The standard InChI is InChI=1S/C19H20N6O2/c1-12-7-9-14(10-8-12)21-19(27)17-18(20)25(24-23-17)11-16(26)22-15-6-4-3-5-13(15)2/h3-10H,11,20H2,1-2H3,(H,21,27)(H,22,26). The Morgan fingerprint density at radius 1 is 1.04 bits per heavy atom. The van der Waals surface area contributed by atoms with E-state index in [0.29, 0.717) is 11.4 Å². The third-order valence-corrected chi connectivity index (χ3v) is 4.01. The van der Waals surface area contributed by atoms with Crippen molar-refractivity contribution in [3.05, 3.63) is 65.4 Å². The van der Waals surface area contributed by atoms with Gasteiger partial charge in [0, 0.05) is 11.4 Å². The molecule has 3 aromatic rings. The molecule has 8 nitrogen and oxygen atoms in total. The third-order valence-electron chi connectivity index (χ3n) is 4.01. The number of carbonyl (C=O) groups excluding carboxylic acids is 2. The number of para-hydroxylation sites is 1. The summed E-state index contributed by atoms with van der Waals surface area (Å²) in [5.41, 5.74) is 9.27. The number of amides is 2. The summed E-state index contributed by atoms with van der Waals surface area (Å²) in [6.07, 6.45) is 0. The number of aryl methyl sites for hydroxylation is 2. The van der Waals surface area contributed by atoms with E-state index in [2.05, 4.69) is 20.9 Å². The van der Waals surface area contributed by atoms with Crippen LogP contribution in [0.3, 0.4) is 0 Å². The van der Waals surface area contributed by atoms with E-state index in [1.165, 1.54) is 4.68 Å². The number of benzene rings is 2. The van der Waals surface area contributed by atoms with Crippen LogP contribution in [0.15, 0.2) is 48.5 Å². The van der Waals surface area contributed by atoms with Crippen LogP contribution < -0.4 is 16.4 Å². The molecule has 2 amide bonds. The topological polar surface area (TPSA) is 115 Å². The maximum absolute atomic E-state index is 12.3. The average molecular weight is 364 g/mol. The maximum Gasteiger partial charge on any atom is 0.280 e. The van der Waals surface area contributed by atoms with E-state index < -0.39 is 5.91 Å². The summed E-state index contributed by atoms with van der Waals surface area (Å²) >= 11 is 0. The zero-order valence-corrected chi connectivity index (χ0v) is 15.1. The maximum atomic E-state index is 12.3. The van der Waals surface area contributed by atoms with Crippen molar-refractivity contribution in [2.45, 2.75) is 20.4 Å². The number of hydrogen-bond donors (Lipinski definition) is 3. The van der Waals surface area contributed by atoms with Crippen LogP contribution in [0.25, 0.3) is 0 Å². The highest BCUT2D eigenvalue weighted by molar-refractivity contribution is 6.05. The second-order valence-electron chi connectivity index (χ2n) is 6.16. The van der Waals surface area contributed by atoms with E-state index in [9.17, 15) is 9.59 Å². The Bertz CT molecular complexity index is 978. The fraction of sp³-hybridized carbons (Fsp3) is 0.158. The minimum atomic E-state index is -0.484. The van der Waals surface area contributed by atoms with Gasteiger partial charge in [-0.1, -0.05) is 41.1 Å². The molecular weight excluding hydrogens is 344 g/mol. The van der Waals surface area contributed by atoms with E-state index in [1.807, 2.05) is 44.2 Å². The van der Waals surface area contributed by atoms with Gasteiger partial charge in [-0.15, -0.1) is 5.10 Å². The first kappa shape index (κ1) is 18.1. The van der Waals surface area contributed by atoms with Crippen LogP contribution in [0, 0.1) is 13.8 Å². The van der Waals surface area contributed by atoms with Gasteiger partial charge in [0.15, 0.2) is 11.5 Å². The molecule has 0 atom stereocenters. The molecule has 0 aliphatic rings. The van der Waals surface area contributed by atoms with Gasteiger partial charge < -0.3 is 16.4 Å². The zero-order valence-electron chi connectivity index (χ0n) is 15.1. The molecule has 0 aliphatic heterocycles. The first-order valence-electron chi connectivity index (χ1n) is 8.36. The Labute approximate surface area is 156 Å². The van der Waals surface area contributed by atoms with Crippen LogP contribution in [0.5, 0.6) is 0 Å². The van der Waals surface area contributed by atoms with E-state index in [0.717, 1.165) is 11.1 Å². The Kier molecular flexibility index (Phi) is 5.16. The minimum absolute atomic E-state index is 0.0274. The number of aromatic nitrogens is 3. The number of hydrogen-bond acceptors (Lipinski definition) is 5. The Hall–Kier alpha value is -3.68. The SMILES string of the molecule is Cc1ccc(NC(=O)c2nnn(CC(=O)Nc3ccccc3C)c2N)cc1. The van der Waals surface area contributed by atoms with Crippen molar-refractivity contribution in [1.82, 2.24) is 15.0 Å². The first-order valence-corrected chi connectivity index (χ1v) is 8.36. The lowest BCUT2D eigenvalue weighted by Gasteiger charge is -2.08. The fourth-order valence-corrected chi connectivity index (χ4v) is 2.46. The summed E-state index contributed by atoms with van der Waals surface area (Å²) in [6.45, 7) is 3.70. The summed E-state index contributed by atoms with van der Waals surface area (Å²) in [4.78, 5) is 24.6. The predicted octanol–water partition coefficient (Wildman–Crippen LogP) is 2.37. The quantitative estimate of drug-likeness (QED) is 0.643. The van der Waals surface area contributed by atoms with Crippen LogP contribution in [0.4, 0.5) is 17.2 Å². The van der Waals surface area contributed by atoms with Gasteiger partial charge in [0.2, 0.25) is 5.91 Å². The van der Waals surface area contributed by atoms with Crippen LogP contribution >= 0.6 is 0 Å². The van der Waals surface area contributed by atoms with Gasteiger partial charge in [0.05, 0.1) is 0 Å². The van der Waals surface area contributed by atoms with Crippen LogP contribution in [-0.4, -0.2) is 26.8 Å². The van der Waals surface area contributed by atoms with Crippen molar-refractivity contribution >= 4 is 29.0 Å². The van der Waals surface area contributed by atoms with Gasteiger partial charge in [-0.25, -0.2) is 4.68 Å². The van der Waals surface area contributed by atoms with Crippen molar-refractivity contribution in [2.24, 2.45) is 0 Å². The van der Waals surface area contributed by atoms with Crippen LogP contribution in [-0.2, 0) is 11.3 Å². The highest BCUT2D eigenvalue weighted by Crippen LogP contribution is 2.15. The lowest BCUT2D eigenvalue weighted by Crippen LogP contribution is -2.21. The molecule has 27 heavy (non-hydrogen) atoms. The van der Waals surface area contributed by atoms with Gasteiger partial charge >= 0.3 is 0 Å². The molecule has 0 spiro atoms. The van der Waals surface area contributed by atoms with Crippen LogP contribution in [0.1, 0.15) is 21.6 Å². The zero-order chi connectivity index (χ0) is 19.4. The minimum Gasteiger partial charge on any atom is -0.382 e. The molecule has 3 rings (SSSR count). The lowest BCUT2D eigenvalue weighted by molar-refractivity contribution is -0.116. The van der Waals surface area contributed by atoms with Gasteiger partial charge in [-0.05, 0) is 37.6 Å². The summed E-state index contributed by atoms with van der Waals surface area (Å²) in [5, 5.41) is 13.1. The fourth-order valence-electron chi connectivity index (χ4n) is 2.46. The molecule has 0 fully saturated rings. The summed E-state index contributed by atoms with van der Waals surface area (Å²) in [6, 6.07) is 14.7. The second-order valence-corrected chi connectivity index (χ2v) is 6.16. The normalized spacial score (nSPS) is 10.4. The highest BCUT2D eigenvalue weighted by Gasteiger charge is 2.19. The highest BCUT2D eigenvalue weighted by atomic mass is 16.2. The second kappa shape index (κ2) is 7.69. The molecule has 8 heteroatoms. The number of nitrogens with zero attached hydrogens (tertiary/aromatic N) is 3. The molecule has 1 aromatic heterocycles. The van der Waals surface area contributed by atoms with Gasteiger partial charge in [-0.3, -0.25) is 9.59 Å². The number of carbonyl (C=O) groups is 2. The van der Waals surface area contributed by atoms with Crippen molar-refractivity contribution in [2.75, 3.05) is 16.4 Å². The van der Waals surface area contributed by atoms with Crippen molar-refractivity contribution in [1.29, 1.82) is 0 Å². The molecular formula is C19H20N6O2. The Balaban J connectivity index is 1.67. The molecule has 0 unspecified atom stereocenters. The molecule has 4 N–H and O–H groups in total. The summed E-state index contributed by atoms with van der Waals surface area (Å²) in [5.74, 6) is -0.771. The van der Waals surface area contributed by atoms with Crippen molar-refractivity contribution in [3.63, 3.8) is 0 Å². The molecule has 0 aliphatic carbocycles. The molecule has 0 saturated carbocycles. The van der Waals surface area contributed by atoms with Crippen LogP contribution in [0.2, 0.25) is 0 Å². The van der Waals surface area contributed by atoms with E-state index >= 15 is 0 Å². The monoisotopic (exact) mass is 364 g/mol. The number of nitrogens with two attached hydrogens (primary N) is 1. The number of nitrogens with one attached hydrogen (secondary N) is 2. The Morgan fingerprint density at radius 3 is 2.44 bits per heavy atom. The lowest BCUT2D eigenvalue weighted by atomic mass is 10.2. The van der Waals surface area contributed by atoms with Gasteiger partial charge in [-0.2, -0.15) is 0 Å². The van der Waals surface area contributed by atoms with Crippen molar-refractivity contribution in [3.8, 4) is 0 Å². The molecule has 0 saturated heterocycles. The Morgan fingerprint density at radius 2 is 1.74 bits per heavy atom. The molecule has 0 radical (unpaired) electrons. The van der Waals surface area contributed by atoms with Gasteiger partial charge in [0.25, 0.3) is 5.91 Å². The smallest absolute Gasteiger partial charge is 0.280 e. The molecule has 138 valence electrons. The van der Waals surface area contributed by atoms with Gasteiger partial charge in [0.1, 0.15) is 6.54 Å². The summed E-state index contributed by atoms with van der Waals surface area (Å²) in [7, 11) is 0.